The molecule has 5 heteroatoms. The summed E-state index contributed by atoms with van der Waals surface area (Å²) < 4.78 is 0. The van der Waals surface area contributed by atoms with Gasteiger partial charge in [0.15, 0.2) is 0 Å². The maximum Gasteiger partial charge on any atom is 0.256 e. The van der Waals surface area contributed by atoms with Crippen LogP contribution in [0.3, 0.4) is 0 Å². The van der Waals surface area contributed by atoms with Crippen LogP contribution < -0.4 is 5.32 Å². The van der Waals surface area contributed by atoms with Gasteiger partial charge in [-0.05, 0) is 43.4 Å². The number of likely N-dealkylation sites (tertiary alicyclic amines) is 1. The number of hydrogen-bond acceptors (Lipinski definition) is 4. The van der Waals surface area contributed by atoms with Crippen molar-refractivity contribution in [2.75, 3.05) is 18.4 Å². The monoisotopic (exact) mass is 310 g/mol. The van der Waals surface area contributed by atoms with Gasteiger partial charge in [0.1, 0.15) is 0 Å². The van der Waals surface area contributed by atoms with E-state index in [-0.39, 0.29) is 5.91 Å². The van der Waals surface area contributed by atoms with Crippen LogP contribution in [0, 0.1) is 0 Å². The van der Waals surface area contributed by atoms with E-state index in [4.69, 9.17) is 0 Å². The van der Waals surface area contributed by atoms with Crippen LogP contribution in [0.4, 0.5) is 11.6 Å². The molecule has 0 bridgehead atoms. The minimum atomic E-state index is 0.0311. The number of aromatic nitrogens is 2. The molecule has 1 amide bonds. The summed E-state index contributed by atoms with van der Waals surface area (Å²) in [7, 11) is 0. The van der Waals surface area contributed by atoms with Crippen LogP contribution in [0.2, 0.25) is 0 Å². The Bertz CT molecular complexity index is 646. The number of anilines is 2. The lowest BCUT2D eigenvalue weighted by Gasteiger charge is -2.26. The number of nitrogens with zero attached hydrogens (tertiary/aromatic N) is 3. The van der Waals surface area contributed by atoms with Crippen LogP contribution in [0.25, 0.3) is 0 Å². The highest BCUT2D eigenvalue weighted by molar-refractivity contribution is 5.93. The van der Waals surface area contributed by atoms with Crippen molar-refractivity contribution in [1.29, 1.82) is 0 Å². The van der Waals surface area contributed by atoms with Crippen molar-refractivity contribution < 1.29 is 4.79 Å². The van der Waals surface area contributed by atoms with Gasteiger partial charge in [-0.2, -0.15) is 0 Å². The molecule has 1 fully saturated rings. The zero-order valence-corrected chi connectivity index (χ0v) is 13.5. The van der Waals surface area contributed by atoms with Crippen LogP contribution in [0.15, 0.2) is 36.7 Å². The Labute approximate surface area is 136 Å². The van der Waals surface area contributed by atoms with Crippen molar-refractivity contribution in [1.82, 2.24) is 14.9 Å². The molecule has 1 aromatic heterocycles. The van der Waals surface area contributed by atoms with E-state index in [2.05, 4.69) is 34.3 Å². The number of amides is 1. The molecule has 1 aliphatic rings. The maximum absolute atomic E-state index is 12.4. The maximum atomic E-state index is 12.4. The van der Waals surface area contributed by atoms with Gasteiger partial charge in [0.05, 0.1) is 5.56 Å². The second-order valence-corrected chi connectivity index (χ2v) is 5.82. The molecule has 120 valence electrons. The summed E-state index contributed by atoms with van der Waals surface area (Å²) in [5.41, 5.74) is 2.79. The largest absolute Gasteiger partial charge is 0.339 e. The van der Waals surface area contributed by atoms with Crippen LogP contribution in [0.1, 0.15) is 42.1 Å². The fourth-order valence-corrected chi connectivity index (χ4v) is 2.74. The molecule has 2 heterocycles. The second-order valence-electron chi connectivity index (χ2n) is 5.82. The van der Waals surface area contributed by atoms with Gasteiger partial charge in [0.25, 0.3) is 5.91 Å². The molecule has 0 unspecified atom stereocenters. The summed E-state index contributed by atoms with van der Waals surface area (Å²) in [6.45, 7) is 3.80. The van der Waals surface area contributed by atoms with E-state index in [1.165, 1.54) is 12.0 Å². The number of benzene rings is 1. The SMILES string of the molecule is CCc1ccc(Nc2ncc(C(=O)N3CCCCC3)cn2)cc1. The van der Waals surface area contributed by atoms with E-state index >= 15 is 0 Å². The molecule has 1 N–H and O–H groups in total. The number of hydrogen-bond donors (Lipinski definition) is 1. The van der Waals surface area contributed by atoms with Gasteiger partial charge in [-0.3, -0.25) is 4.79 Å². The Morgan fingerprint density at radius 3 is 2.35 bits per heavy atom. The molecular weight excluding hydrogens is 288 g/mol. The lowest BCUT2D eigenvalue weighted by atomic mass is 10.1. The lowest BCUT2D eigenvalue weighted by molar-refractivity contribution is 0.0723. The molecule has 1 saturated heterocycles. The Balaban J connectivity index is 1.65. The summed E-state index contributed by atoms with van der Waals surface area (Å²) in [4.78, 5) is 22.8. The number of aryl methyl sites for hydroxylation is 1. The first-order chi connectivity index (χ1) is 11.3. The van der Waals surface area contributed by atoms with Gasteiger partial charge in [0.2, 0.25) is 5.95 Å². The number of carbonyl (C=O) groups excluding carboxylic acids is 1. The summed E-state index contributed by atoms with van der Waals surface area (Å²) >= 11 is 0. The van der Waals surface area contributed by atoms with E-state index in [0.717, 1.165) is 38.0 Å². The average molecular weight is 310 g/mol. The standard InChI is InChI=1S/C18H22N4O/c1-2-14-6-8-16(9-7-14)21-18-19-12-15(13-20-18)17(23)22-10-4-3-5-11-22/h6-9,12-13H,2-5,10-11H2,1H3,(H,19,20,21). The Kier molecular flexibility index (Phi) is 4.86. The fourth-order valence-electron chi connectivity index (χ4n) is 2.74. The highest BCUT2D eigenvalue weighted by atomic mass is 16.2. The molecule has 1 aliphatic heterocycles. The van der Waals surface area contributed by atoms with Gasteiger partial charge in [-0.15, -0.1) is 0 Å². The zero-order valence-electron chi connectivity index (χ0n) is 13.5. The van der Waals surface area contributed by atoms with E-state index < -0.39 is 0 Å². The van der Waals surface area contributed by atoms with Crippen molar-refractivity contribution in [3.63, 3.8) is 0 Å². The third-order valence-corrected chi connectivity index (χ3v) is 4.16. The highest BCUT2D eigenvalue weighted by Crippen LogP contribution is 2.16. The van der Waals surface area contributed by atoms with Crippen molar-refractivity contribution in [2.45, 2.75) is 32.6 Å². The van der Waals surface area contributed by atoms with E-state index in [0.29, 0.717) is 11.5 Å². The Morgan fingerprint density at radius 2 is 1.74 bits per heavy atom. The number of nitrogens with one attached hydrogen (secondary N) is 1. The number of rotatable bonds is 4. The summed E-state index contributed by atoms with van der Waals surface area (Å²) in [5, 5.41) is 3.15. The summed E-state index contributed by atoms with van der Waals surface area (Å²) in [6, 6.07) is 8.18. The van der Waals surface area contributed by atoms with Gasteiger partial charge in [-0.25, -0.2) is 9.97 Å². The zero-order chi connectivity index (χ0) is 16.1. The predicted octanol–water partition coefficient (Wildman–Crippen LogP) is 3.41. The van der Waals surface area contributed by atoms with Crippen molar-refractivity contribution in [3.05, 3.63) is 47.8 Å². The first kappa shape index (κ1) is 15.5. The number of carbonyl (C=O) groups is 1. The first-order valence-corrected chi connectivity index (χ1v) is 8.23. The van der Waals surface area contributed by atoms with Gasteiger partial charge in [0, 0.05) is 31.2 Å². The number of piperidine rings is 1. The van der Waals surface area contributed by atoms with Crippen LogP contribution in [-0.2, 0) is 6.42 Å². The quantitative estimate of drug-likeness (QED) is 0.940. The molecule has 0 saturated carbocycles. The lowest BCUT2D eigenvalue weighted by Crippen LogP contribution is -2.35. The molecule has 0 aliphatic carbocycles. The normalized spacial score (nSPS) is 14.6. The molecule has 1 aromatic carbocycles. The van der Waals surface area contributed by atoms with Gasteiger partial charge >= 0.3 is 0 Å². The van der Waals surface area contributed by atoms with E-state index in [1.54, 1.807) is 12.4 Å². The topological polar surface area (TPSA) is 58.1 Å². The molecular formula is C18H22N4O. The molecule has 3 rings (SSSR count). The molecule has 2 aromatic rings. The van der Waals surface area contributed by atoms with E-state index in [9.17, 15) is 4.79 Å². The average Bonchev–Trinajstić information content (AvgIpc) is 2.63. The molecule has 0 radical (unpaired) electrons. The second kappa shape index (κ2) is 7.22. The van der Waals surface area contributed by atoms with Gasteiger partial charge < -0.3 is 10.2 Å². The summed E-state index contributed by atoms with van der Waals surface area (Å²) in [6.07, 6.45) is 7.60. The Hall–Kier alpha value is -2.43. The smallest absolute Gasteiger partial charge is 0.256 e. The van der Waals surface area contributed by atoms with Crippen LogP contribution >= 0.6 is 0 Å². The van der Waals surface area contributed by atoms with Crippen LogP contribution in [-0.4, -0.2) is 33.9 Å². The van der Waals surface area contributed by atoms with Crippen molar-refractivity contribution >= 4 is 17.5 Å². The first-order valence-electron chi connectivity index (χ1n) is 8.23. The fraction of sp³-hybridized carbons (Fsp3) is 0.389. The van der Waals surface area contributed by atoms with E-state index in [1.807, 2.05) is 17.0 Å². The molecule has 0 atom stereocenters. The van der Waals surface area contributed by atoms with Crippen LogP contribution in [0.5, 0.6) is 0 Å². The summed E-state index contributed by atoms with van der Waals surface area (Å²) in [5.74, 6) is 0.535. The van der Waals surface area contributed by atoms with Crippen molar-refractivity contribution in [3.8, 4) is 0 Å². The Morgan fingerprint density at radius 1 is 1.09 bits per heavy atom. The predicted molar refractivity (Wildman–Crippen MR) is 90.9 cm³/mol. The highest BCUT2D eigenvalue weighted by Gasteiger charge is 2.18. The third kappa shape index (κ3) is 3.86. The van der Waals surface area contributed by atoms with Gasteiger partial charge in [-0.1, -0.05) is 19.1 Å². The minimum absolute atomic E-state index is 0.0311. The molecule has 23 heavy (non-hydrogen) atoms. The third-order valence-electron chi connectivity index (χ3n) is 4.16. The minimum Gasteiger partial charge on any atom is -0.339 e. The van der Waals surface area contributed by atoms with Crippen molar-refractivity contribution in [2.24, 2.45) is 0 Å². The molecule has 0 spiro atoms. The molecule has 5 nitrogen and oxygen atoms in total.